The van der Waals surface area contributed by atoms with Gasteiger partial charge in [0.25, 0.3) is 5.72 Å². The molecule has 0 aromatic carbocycles. The molecule has 4 nitrogen and oxygen atoms in total. The van der Waals surface area contributed by atoms with Crippen LogP contribution >= 0.6 is 0 Å². The van der Waals surface area contributed by atoms with Gasteiger partial charge in [-0.3, -0.25) is 9.28 Å². The predicted molar refractivity (Wildman–Crippen MR) is 43.5 cm³/mol. The van der Waals surface area contributed by atoms with Crippen molar-refractivity contribution in [3.05, 3.63) is 0 Å². The van der Waals surface area contributed by atoms with E-state index in [4.69, 9.17) is 4.74 Å². The van der Waals surface area contributed by atoms with Crippen molar-refractivity contribution < 1.29 is 43.1 Å². The lowest BCUT2D eigenvalue weighted by atomic mass is 9.95. The molecule has 0 bridgehead atoms. The van der Waals surface area contributed by atoms with Crippen LogP contribution in [-0.4, -0.2) is 47.5 Å². The van der Waals surface area contributed by atoms with Crippen molar-refractivity contribution >= 4 is 5.97 Å². The van der Waals surface area contributed by atoms with Crippen molar-refractivity contribution in [1.82, 2.24) is 0 Å². The second kappa shape index (κ2) is 2.82. The highest BCUT2D eigenvalue weighted by atomic mass is 127. The second-order valence-electron chi connectivity index (χ2n) is 4.68. The van der Waals surface area contributed by atoms with Gasteiger partial charge < -0.3 is 33.8 Å². The molecule has 0 aliphatic carbocycles. The van der Waals surface area contributed by atoms with Crippen LogP contribution in [0, 0.1) is 5.92 Å². The highest BCUT2D eigenvalue weighted by Gasteiger charge is 2.74. The molecule has 4 atom stereocenters. The summed E-state index contributed by atoms with van der Waals surface area (Å²) in [5, 5.41) is 10.5. The number of esters is 1. The van der Waals surface area contributed by atoms with Gasteiger partial charge in [0, 0.05) is 12.8 Å². The molecule has 0 spiro atoms. The lowest BCUT2D eigenvalue weighted by molar-refractivity contribution is -0.959. The van der Waals surface area contributed by atoms with Crippen molar-refractivity contribution in [2.75, 3.05) is 20.1 Å². The molecule has 0 radical (unpaired) electrons. The summed E-state index contributed by atoms with van der Waals surface area (Å²) in [6.07, 6.45) is 1.36. The van der Waals surface area contributed by atoms with Gasteiger partial charge in [0.1, 0.15) is 5.92 Å². The van der Waals surface area contributed by atoms with Gasteiger partial charge in [-0.05, 0) is 0 Å². The number of carbonyl (C=O) groups is 1. The number of aliphatic hydroxyl groups is 1. The maximum Gasteiger partial charge on any atom is 0.319 e. The lowest BCUT2D eigenvalue weighted by Crippen LogP contribution is -3.00. The molecule has 3 fully saturated rings. The van der Waals surface area contributed by atoms with E-state index in [0.29, 0.717) is 4.48 Å². The zero-order chi connectivity index (χ0) is 9.27. The topological polar surface area (TPSA) is 46.5 Å². The number of carbonyl (C=O) groups excluding carboxylic acids is 1. The zero-order valence-electron chi connectivity index (χ0n) is 8.07. The molecule has 3 heterocycles. The Morgan fingerprint density at radius 3 is 2.86 bits per heavy atom. The molecule has 80 valence electrons. The maximum absolute atomic E-state index is 11.4. The molecule has 0 aromatic rings. The van der Waals surface area contributed by atoms with Crippen LogP contribution in [0.25, 0.3) is 0 Å². The Morgan fingerprint density at radius 1 is 1.50 bits per heavy atom. The number of hydrogen-bond acceptors (Lipinski definition) is 3. The summed E-state index contributed by atoms with van der Waals surface area (Å²) in [6.45, 7) is 1.84. The van der Waals surface area contributed by atoms with Crippen molar-refractivity contribution in [1.29, 1.82) is 0 Å². The standard InChI is InChI=1S/C9H14NO3.HI/c1-10-4-2-6-8(11)13-7(3-5-10)9(6,10)12;/h6-7,12H,2-5H2,1H3;1H/q+1;/p-1/t6-,7-,9+,10?;/m1./s1. The Morgan fingerprint density at radius 2 is 2.14 bits per heavy atom. The third kappa shape index (κ3) is 0.886. The Hall–Kier alpha value is 0.120. The number of nitrogens with zero attached hydrogens (tertiary/aromatic N) is 1. The SMILES string of the molecule is C[N+]12CC[C@@H]3C(=O)O[C@H](CC1)[C@@]32O.[I-]. The van der Waals surface area contributed by atoms with E-state index < -0.39 is 5.72 Å². The Bertz CT molecular complexity index is 298. The first kappa shape index (κ1) is 10.6. The first-order valence-corrected chi connectivity index (χ1v) is 4.85. The third-order valence-corrected chi connectivity index (χ3v) is 4.19. The number of hydrogen-bond donors (Lipinski definition) is 1. The van der Waals surface area contributed by atoms with Crippen LogP contribution in [-0.2, 0) is 9.53 Å². The lowest BCUT2D eigenvalue weighted by Gasteiger charge is -2.36. The van der Waals surface area contributed by atoms with Crippen molar-refractivity contribution in [2.45, 2.75) is 24.7 Å². The van der Waals surface area contributed by atoms with Crippen LogP contribution in [0.5, 0.6) is 0 Å². The highest BCUT2D eigenvalue weighted by molar-refractivity contribution is 5.77. The van der Waals surface area contributed by atoms with E-state index in [9.17, 15) is 9.90 Å². The summed E-state index contributed by atoms with van der Waals surface area (Å²) < 4.78 is 5.80. The second-order valence-corrected chi connectivity index (χ2v) is 4.68. The molecule has 5 heteroatoms. The number of rotatable bonds is 0. The van der Waals surface area contributed by atoms with Crippen LogP contribution in [0.3, 0.4) is 0 Å². The first-order chi connectivity index (χ1) is 6.08. The Kier molecular flexibility index (Phi) is 2.15. The maximum atomic E-state index is 11.4. The van der Waals surface area contributed by atoms with Gasteiger partial charge in [-0.2, -0.15) is 0 Å². The van der Waals surface area contributed by atoms with Gasteiger partial charge in [0.2, 0.25) is 0 Å². The first-order valence-electron chi connectivity index (χ1n) is 4.85. The minimum atomic E-state index is -0.892. The summed E-state index contributed by atoms with van der Waals surface area (Å²) in [4.78, 5) is 11.4. The molecule has 1 N–H and O–H groups in total. The van der Waals surface area contributed by atoms with Crippen molar-refractivity contribution in [2.24, 2.45) is 5.92 Å². The molecule has 0 amide bonds. The molecule has 0 aromatic heterocycles. The summed E-state index contributed by atoms with van der Waals surface area (Å²) >= 11 is 0. The van der Waals surface area contributed by atoms with E-state index in [1.54, 1.807) is 0 Å². The Balaban J connectivity index is 0.000000750. The minimum Gasteiger partial charge on any atom is -1.00 e. The van der Waals surface area contributed by atoms with Crippen LogP contribution in [0.15, 0.2) is 0 Å². The van der Waals surface area contributed by atoms with Crippen molar-refractivity contribution in [3.63, 3.8) is 0 Å². The quantitative estimate of drug-likeness (QED) is 0.287. The fraction of sp³-hybridized carbons (Fsp3) is 0.889. The van der Waals surface area contributed by atoms with Crippen LogP contribution in [0.1, 0.15) is 12.8 Å². The Labute approximate surface area is 99.8 Å². The predicted octanol–water partition coefficient (Wildman–Crippen LogP) is -3.53. The highest BCUT2D eigenvalue weighted by Crippen LogP contribution is 2.52. The zero-order valence-corrected chi connectivity index (χ0v) is 10.2. The minimum absolute atomic E-state index is 0. The van der Waals surface area contributed by atoms with Gasteiger partial charge in [-0.25, -0.2) is 0 Å². The van der Waals surface area contributed by atoms with E-state index in [-0.39, 0.29) is 42.0 Å². The fourth-order valence-corrected chi connectivity index (χ4v) is 3.32. The van der Waals surface area contributed by atoms with Crippen molar-refractivity contribution in [3.8, 4) is 0 Å². The van der Waals surface area contributed by atoms with E-state index in [0.717, 1.165) is 25.9 Å². The fourth-order valence-electron chi connectivity index (χ4n) is 3.32. The summed E-state index contributed by atoms with van der Waals surface area (Å²) in [5.74, 6) is -0.445. The molecule has 3 saturated heterocycles. The number of halogens is 1. The molecule has 3 aliphatic rings. The van der Waals surface area contributed by atoms with Crippen LogP contribution < -0.4 is 24.0 Å². The van der Waals surface area contributed by atoms with Gasteiger partial charge >= 0.3 is 5.97 Å². The van der Waals surface area contributed by atoms with Gasteiger partial charge in [0.15, 0.2) is 6.10 Å². The van der Waals surface area contributed by atoms with Gasteiger partial charge in [0.05, 0.1) is 20.1 Å². The average molecular weight is 311 g/mol. The molecule has 3 rings (SSSR count). The normalized spacial score (nSPS) is 54.0. The summed E-state index contributed by atoms with van der Waals surface area (Å²) in [5.41, 5.74) is -0.892. The molecular formula is C9H14INO3. The molecule has 1 unspecified atom stereocenters. The molecule has 0 saturated carbocycles. The number of quaternary nitrogens is 1. The smallest absolute Gasteiger partial charge is 0.319 e. The largest absolute Gasteiger partial charge is 1.00 e. The number of likely N-dealkylation sites (N-methyl/N-ethyl adjacent to an activating group) is 1. The van der Waals surface area contributed by atoms with E-state index in [1.807, 2.05) is 7.05 Å². The van der Waals surface area contributed by atoms with Crippen LogP contribution in [0.2, 0.25) is 0 Å². The number of ether oxygens (including phenoxy) is 1. The molecular weight excluding hydrogens is 297 g/mol. The van der Waals surface area contributed by atoms with E-state index in [1.165, 1.54) is 0 Å². The van der Waals surface area contributed by atoms with E-state index >= 15 is 0 Å². The third-order valence-electron chi connectivity index (χ3n) is 4.19. The monoisotopic (exact) mass is 311 g/mol. The van der Waals surface area contributed by atoms with Gasteiger partial charge in [-0.15, -0.1) is 0 Å². The molecule has 3 aliphatic heterocycles. The summed E-state index contributed by atoms with van der Waals surface area (Å²) in [6, 6.07) is 0. The van der Waals surface area contributed by atoms with E-state index in [2.05, 4.69) is 0 Å². The molecule has 14 heavy (non-hydrogen) atoms. The summed E-state index contributed by atoms with van der Waals surface area (Å²) in [7, 11) is 2.03. The average Bonchev–Trinajstić information content (AvgIpc) is 2.56. The van der Waals surface area contributed by atoms with Gasteiger partial charge in [-0.1, -0.05) is 0 Å². The van der Waals surface area contributed by atoms with Crippen LogP contribution in [0.4, 0.5) is 0 Å².